The molecule has 1 aliphatic carbocycles. The third kappa shape index (κ3) is 2.06. The molecule has 1 unspecified atom stereocenters. The van der Waals surface area contributed by atoms with Gasteiger partial charge in [-0.25, -0.2) is 10.2 Å². The van der Waals surface area contributed by atoms with E-state index in [0.717, 1.165) is 5.57 Å². The summed E-state index contributed by atoms with van der Waals surface area (Å²) in [4.78, 5) is 10.5. The zero-order valence-corrected chi connectivity index (χ0v) is 9.90. The van der Waals surface area contributed by atoms with Crippen molar-refractivity contribution in [1.82, 2.24) is 5.43 Å². The number of hydrogen-bond acceptors (Lipinski definition) is 2. The fourth-order valence-electron chi connectivity index (χ4n) is 2.24. The van der Waals surface area contributed by atoms with Crippen LogP contribution in [0.5, 0.6) is 0 Å². The van der Waals surface area contributed by atoms with E-state index in [-0.39, 0.29) is 0 Å². The summed E-state index contributed by atoms with van der Waals surface area (Å²) in [6.07, 6.45) is 1.67. The van der Waals surface area contributed by atoms with Crippen molar-refractivity contribution in [3.63, 3.8) is 0 Å². The molecule has 0 radical (unpaired) electrons. The van der Waals surface area contributed by atoms with Gasteiger partial charge in [-0.2, -0.15) is 5.10 Å². The molecule has 0 spiro atoms. The lowest BCUT2D eigenvalue weighted by Crippen LogP contribution is -2.24. The highest BCUT2D eigenvalue weighted by Crippen LogP contribution is 2.40. The van der Waals surface area contributed by atoms with Gasteiger partial charge >= 0.3 is 6.03 Å². The first kappa shape index (κ1) is 11.4. The van der Waals surface area contributed by atoms with Crippen LogP contribution in [0.2, 0.25) is 0 Å². The summed E-state index contributed by atoms with van der Waals surface area (Å²) in [5.41, 5.74) is 12.0. The molecular weight excluding hydrogens is 214 g/mol. The van der Waals surface area contributed by atoms with E-state index in [2.05, 4.69) is 36.5 Å². The lowest BCUT2D eigenvalue weighted by molar-refractivity contribution is 0.249. The minimum atomic E-state index is -0.650. The Morgan fingerprint density at radius 2 is 2.18 bits per heavy atom. The van der Waals surface area contributed by atoms with E-state index in [0.29, 0.717) is 5.92 Å². The van der Waals surface area contributed by atoms with Gasteiger partial charge in [0.15, 0.2) is 0 Å². The van der Waals surface area contributed by atoms with Crippen molar-refractivity contribution in [2.75, 3.05) is 0 Å². The van der Waals surface area contributed by atoms with Gasteiger partial charge in [-0.3, -0.25) is 0 Å². The Hall–Kier alpha value is -2.10. The molecule has 88 valence electrons. The monoisotopic (exact) mass is 229 g/mol. The number of amides is 2. The number of allylic oxidation sites excluding steroid dienone is 2. The maximum absolute atomic E-state index is 10.5. The van der Waals surface area contributed by atoms with Gasteiger partial charge in [0.05, 0.1) is 6.21 Å². The standard InChI is InChI=1S/C13H15N3O/c1-8-10-5-3-4-6-11(10)9(2)12(8)7-15-16-13(14)17/h3-8H,1-2H3,(H3,14,16,17). The summed E-state index contributed by atoms with van der Waals surface area (Å²) in [6.45, 7) is 4.19. The van der Waals surface area contributed by atoms with Gasteiger partial charge in [-0.15, -0.1) is 0 Å². The largest absolute Gasteiger partial charge is 0.350 e. The summed E-state index contributed by atoms with van der Waals surface area (Å²) in [6, 6.07) is 7.62. The molecule has 0 heterocycles. The lowest BCUT2D eigenvalue weighted by Gasteiger charge is -2.06. The number of nitrogens with two attached hydrogens (primary N) is 1. The van der Waals surface area contributed by atoms with Gasteiger partial charge in [-0.05, 0) is 29.2 Å². The van der Waals surface area contributed by atoms with Gasteiger partial charge in [0, 0.05) is 5.92 Å². The Balaban J connectivity index is 2.29. The summed E-state index contributed by atoms with van der Waals surface area (Å²) in [5, 5.41) is 3.83. The van der Waals surface area contributed by atoms with Crippen molar-refractivity contribution in [2.24, 2.45) is 10.8 Å². The van der Waals surface area contributed by atoms with Crippen LogP contribution in [-0.4, -0.2) is 12.2 Å². The normalized spacial score (nSPS) is 18.6. The second-order valence-electron chi connectivity index (χ2n) is 4.12. The first-order chi connectivity index (χ1) is 8.11. The number of primary amides is 1. The maximum Gasteiger partial charge on any atom is 0.332 e. The number of carbonyl (C=O) groups is 1. The van der Waals surface area contributed by atoms with E-state index < -0.39 is 6.03 Å². The number of nitrogens with one attached hydrogen (secondary N) is 1. The zero-order valence-electron chi connectivity index (χ0n) is 9.90. The number of rotatable bonds is 2. The highest BCUT2D eigenvalue weighted by Gasteiger charge is 2.23. The summed E-state index contributed by atoms with van der Waals surface area (Å²) < 4.78 is 0. The van der Waals surface area contributed by atoms with Gasteiger partial charge in [0.1, 0.15) is 0 Å². The zero-order chi connectivity index (χ0) is 12.4. The molecule has 1 aromatic rings. The molecule has 0 saturated carbocycles. The number of urea groups is 1. The molecule has 1 aliphatic rings. The molecule has 4 nitrogen and oxygen atoms in total. The predicted octanol–water partition coefficient (Wildman–Crippen LogP) is 2.23. The highest BCUT2D eigenvalue weighted by molar-refractivity contribution is 5.96. The van der Waals surface area contributed by atoms with Crippen molar-refractivity contribution < 1.29 is 4.79 Å². The van der Waals surface area contributed by atoms with Crippen molar-refractivity contribution in [1.29, 1.82) is 0 Å². The van der Waals surface area contributed by atoms with Crippen LogP contribution in [0.4, 0.5) is 4.79 Å². The molecule has 2 rings (SSSR count). The average Bonchev–Trinajstić information content (AvgIpc) is 2.54. The SMILES string of the molecule is CC1=C(C=NNC(N)=O)C(C)c2ccccc21. The Kier molecular flexibility index (Phi) is 2.95. The molecule has 17 heavy (non-hydrogen) atoms. The Morgan fingerprint density at radius 3 is 2.82 bits per heavy atom. The summed E-state index contributed by atoms with van der Waals surface area (Å²) >= 11 is 0. The van der Waals surface area contributed by atoms with Gasteiger partial charge in [-0.1, -0.05) is 31.2 Å². The van der Waals surface area contributed by atoms with Crippen LogP contribution >= 0.6 is 0 Å². The quantitative estimate of drug-likeness (QED) is 0.592. The first-order valence-corrected chi connectivity index (χ1v) is 5.50. The minimum absolute atomic E-state index is 0.296. The van der Waals surface area contributed by atoms with Crippen LogP contribution in [0, 0.1) is 0 Å². The molecule has 0 aliphatic heterocycles. The molecule has 1 atom stereocenters. The molecule has 2 amide bonds. The highest BCUT2D eigenvalue weighted by atomic mass is 16.2. The second kappa shape index (κ2) is 4.41. The number of carbonyl (C=O) groups excluding carboxylic acids is 1. The van der Waals surface area contributed by atoms with E-state index in [1.54, 1.807) is 6.21 Å². The molecular formula is C13H15N3O. The number of fused-ring (bicyclic) bond motifs is 1. The fraction of sp³-hybridized carbons (Fsp3) is 0.231. The number of nitrogens with zero attached hydrogens (tertiary/aromatic N) is 1. The first-order valence-electron chi connectivity index (χ1n) is 5.50. The van der Waals surface area contributed by atoms with E-state index in [9.17, 15) is 4.79 Å². The number of benzene rings is 1. The fourth-order valence-corrected chi connectivity index (χ4v) is 2.24. The van der Waals surface area contributed by atoms with Crippen LogP contribution in [0.3, 0.4) is 0 Å². The Bertz CT molecular complexity index is 517. The third-order valence-corrected chi connectivity index (χ3v) is 3.11. The van der Waals surface area contributed by atoms with Crippen molar-refractivity contribution >= 4 is 17.8 Å². The van der Waals surface area contributed by atoms with Crippen molar-refractivity contribution in [2.45, 2.75) is 19.8 Å². The van der Waals surface area contributed by atoms with E-state index >= 15 is 0 Å². The summed E-state index contributed by atoms with van der Waals surface area (Å²) in [7, 11) is 0. The molecule has 0 fully saturated rings. The van der Waals surface area contributed by atoms with Crippen molar-refractivity contribution in [3.8, 4) is 0 Å². The lowest BCUT2D eigenvalue weighted by atomic mass is 9.99. The molecule has 4 heteroatoms. The Labute approximate surface area is 100 Å². The van der Waals surface area contributed by atoms with Crippen LogP contribution in [-0.2, 0) is 0 Å². The smallest absolute Gasteiger partial charge is 0.332 e. The van der Waals surface area contributed by atoms with E-state index in [1.807, 2.05) is 12.1 Å². The van der Waals surface area contributed by atoms with Crippen molar-refractivity contribution in [3.05, 3.63) is 41.0 Å². The predicted molar refractivity (Wildman–Crippen MR) is 68.7 cm³/mol. The molecule has 3 N–H and O–H groups in total. The van der Waals surface area contributed by atoms with Crippen LogP contribution in [0.25, 0.3) is 5.57 Å². The summed E-state index contributed by atoms with van der Waals surface area (Å²) in [5.74, 6) is 0.296. The second-order valence-corrected chi connectivity index (χ2v) is 4.12. The number of hydrazone groups is 1. The third-order valence-electron chi connectivity index (χ3n) is 3.11. The van der Waals surface area contributed by atoms with Crippen LogP contribution < -0.4 is 11.2 Å². The number of hydrogen-bond donors (Lipinski definition) is 2. The van der Waals surface area contributed by atoms with Crippen LogP contribution in [0.15, 0.2) is 34.9 Å². The molecule has 0 saturated heterocycles. The molecule has 0 bridgehead atoms. The minimum Gasteiger partial charge on any atom is -0.350 e. The Morgan fingerprint density at radius 1 is 1.47 bits per heavy atom. The van der Waals surface area contributed by atoms with Gasteiger partial charge in [0.25, 0.3) is 0 Å². The van der Waals surface area contributed by atoms with E-state index in [1.165, 1.54) is 16.7 Å². The average molecular weight is 229 g/mol. The van der Waals surface area contributed by atoms with Gasteiger partial charge < -0.3 is 5.73 Å². The van der Waals surface area contributed by atoms with Gasteiger partial charge in [0.2, 0.25) is 0 Å². The topological polar surface area (TPSA) is 67.5 Å². The van der Waals surface area contributed by atoms with Crippen LogP contribution in [0.1, 0.15) is 30.9 Å². The molecule has 1 aromatic carbocycles. The maximum atomic E-state index is 10.5. The van der Waals surface area contributed by atoms with E-state index in [4.69, 9.17) is 5.73 Å². The molecule has 0 aromatic heterocycles.